The Morgan fingerprint density at radius 3 is 2.76 bits per heavy atom. The fourth-order valence-corrected chi connectivity index (χ4v) is 4.24. The molecule has 21 heavy (non-hydrogen) atoms. The lowest BCUT2D eigenvalue weighted by atomic mass is 10.2. The number of hydrogen-bond donors (Lipinski definition) is 1. The molecule has 0 radical (unpaired) electrons. The first-order valence-corrected chi connectivity index (χ1v) is 8.20. The number of non-ortho nitro benzene ring substituents is 1. The van der Waals surface area contributed by atoms with Gasteiger partial charge in [-0.3, -0.25) is 10.1 Å². The second-order valence-electron chi connectivity index (χ2n) is 4.80. The third-order valence-corrected chi connectivity index (χ3v) is 5.45. The molecule has 1 aliphatic rings. The molecule has 9 heteroatoms. The second kappa shape index (κ2) is 6.27. The van der Waals surface area contributed by atoms with Crippen LogP contribution in [-0.4, -0.2) is 32.6 Å². The van der Waals surface area contributed by atoms with E-state index in [4.69, 9.17) is 16.3 Å². The summed E-state index contributed by atoms with van der Waals surface area (Å²) >= 11 is 5.87. The Kier molecular flexibility index (Phi) is 4.82. The maximum Gasteiger partial charge on any atom is 0.270 e. The molecule has 1 aromatic rings. The Balaban J connectivity index is 2.31. The zero-order valence-electron chi connectivity index (χ0n) is 11.3. The van der Waals surface area contributed by atoms with Gasteiger partial charge in [0.05, 0.1) is 16.0 Å². The lowest BCUT2D eigenvalue weighted by molar-refractivity contribution is -0.385. The van der Waals surface area contributed by atoms with E-state index >= 15 is 0 Å². The summed E-state index contributed by atoms with van der Waals surface area (Å²) in [5, 5.41) is 10.7. The number of benzene rings is 1. The molecule has 2 unspecified atom stereocenters. The van der Waals surface area contributed by atoms with Crippen LogP contribution < -0.4 is 4.72 Å². The minimum atomic E-state index is -3.94. The van der Waals surface area contributed by atoms with Crippen LogP contribution in [0.1, 0.15) is 19.3 Å². The van der Waals surface area contributed by atoms with E-state index < -0.39 is 14.9 Å². The van der Waals surface area contributed by atoms with Crippen molar-refractivity contribution in [2.24, 2.45) is 0 Å². The summed E-state index contributed by atoms with van der Waals surface area (Å²) in [7, 11) is -2.41. The minimum Gasteiger partial charge on any atom is -0.380 e. The number of methoxy groups -OCH3 is 1. The van der Waals surface area contributed by atoms with Crippen LogP contribution >= 0.6 is 11.6 Å². The summed E-state index contributed by atoms with van der Waals surface area (Å²) in [5.74, 6) is 0. The fourth-order valence-electron chi connectivity index (χ4n) is 2.42. The zero-order chi connectivity index (χ0) is 15.6. The molecule has 1 N–H and O–H groups in total. The summed E-state index contributed by atoms with van der Waals surface area (Å²) in [5.41, 5.74) is -0.325. The first kappa shape index (κ1) is 16.2. The molecule has 0 bridgehead atoms. The van der Waals surface area contributed by atoms with Gasteiger partial charge in [-0.2, -0.15) is 0 Å². The number of nitrogens with zero attached hydrogens (tertiary/aromatic N) is 1. The van der Waals surface area contributed by atoms with Crippen molar-refractivity contribution in [1.82, 2.24) is 4.72 Å². The van der Waals surface area contributed by atoms with E-state index in [1.165, 1.54) is 13.2 Å². The highest BCUT2D eigenvalue weighted by Crippen LogP contribution is 2.28. The lowest BCUT2D eigenvalue weighted by Gasteiger charge is -2.19. The molecule has 116 valence electrons. The Morgan fingerprint density at radius 2 is 2.14 bits per heavy atom. The zero-order valence-corrected chi connectivity index (χ0v) is 12.9. The first-order valence-electron chi connectivity index (χ1n) is 6.34. The van der Waals surface area contributed by atoms with Gasteiger partial charge in [-0.1, -0.05) is 11.6 Å². The van der Waals surface area contributed by atoms with Crippen molar-refractivity contribution < 1.29 is 18.1 Å². The number of ether oxygens (including phenoxy) is 1. The normalized spacial score (nSPS) is 22.4. The van der Waals surface area contributed by atoms with Crippen LogP contribution in [0, 0.1) is 10.1 Å². The highest BCUT2D eigenvalue weighted by molar-refractivity contribution is 7.89. The highest BCUT2D eigenvalue weighted by atomic mass is 35.5. The Hall–Kier alpha value is -1.22. The SMILES string of the molecule is COC1CCCC1NS(=O)(=O)c1cc([N+](=O)[O-])ccc1Cl. The number of nitro benzene ring substituents is 1. The van der Waals surface area contributed by atoms with Crippen LogP contribution in [0.4, 0.5) is 5.69 Å². The summed E-state index contributed by atoms with van der Waals surface area (Å²) in [4.78, 5) is 9.81. The van der Waals surface area contributed by atoms with Gasteiger partial charge in [0.25, 0.3) is 5.69 Å². The van der Waals surface area contributed by atoms with Crippen molar-refractivity contribution in [3.63, 3.8) is 0 Å². The number of sulfonamides is 1. The molecule has 0 aliphatic heterocycles. The maximum atomic E-state index is 12.4. The van der Waals surface area contributed by atoms with Crippen LogP contribution in [-0.2, 0) is 14.8 Å². The van der Waals surface area contributed by atoms with Crippen LogP contribution in [0.25, 0.3) is 0 Å². The molecular weight excluding hydrogens is 320 g/mol. The van der Waals surface area contributed by atoms with Gasteiger partial charge in [-0.05, 0) is 25.3 Å². The number of rotatable bonds is 5. The number of halogens is 1. The van der Waals surface area contributed by atoms with Gasteiger partial charge in [-0.15, -0.1) is 0 Å². The van der Waals surface area contributed by atoms with E-state index in [-0.39, 0.29) is 27.8 Å². The van der Waals surface area contributed by atoms with E-state index in [2.05, 4.69) is 4.72 Å². The molecule has 2 rings (SSSR count). The standard InChI is InChI=1S/C12H15ClN2O5S/c1-20-11-4-2-3-10(11)14-21(18,19)12-7-8(15(16)17)5-6-9(12)13/h5-7,10-11,14H,2-4H2,1H3. The maximum absolute atomic E-state index is 12.4. The van der Waals surface area contributed by atoms with Crippen molar-refractivity contribution in [2.75, 3.05) is 7.11 Å². The van der Waals surface area contributed by atoms with Crippen LogP contribution in [0.15, 0.2) is 23.1 Å². The molecular formula is C12H15ClN2O5S. The van der Waals surface area contributed by atoms with Crippen molar-refractivity contribution in [2.45, 2.75) is 36.3 Å². The van der Waals surface area contributed by atoms with Gasteiger partial charge in [0.2, 0.25) is 10.0 Å². The predicted octanol–water partition coefficient (Wildman–Crippen LogP) is 2.09. The Morgan fingerprint density at radius 1 is 1.43 bits per heavy atom. The number of nitrogens with one attached hydrogen (secondary N) is 1. The van der Waals surface area contributed by atoms with E-state index in [1.54, 1.807) is 0 Å². The predicted molar refractivity (Wildman–Crippen MR) is 76.9 cm³/mol. The number of hydrogen-bond acceptors (Lipinski definition) is 5. The van der Waals surface area contributed by atoms with Gasteiger partial charge in [0, 0.05) is 25.3 Å². The van der Waals surface area contributed by atoms with Crippen LogP contribution in [0.3, 0.4) is 0 Å². The fraction of sp³-hybridized carbons (Fsp3) is 0.500. The van der Waals surface area contributed by atoms with Gasteiger partial charge in [0.15, 0.2) is 0 Å². The molecule has 0 spiro atoms. The average Bonchev–Trinajstić information content (AvgIpc) is 2.85. The molecule has 0 saturated heterocycles. The topological polar surface area (TPSA) is 98.5 Å². The average molecular weight is 335 g/mol. The lowest BCUT2D eigenvalue weighted by Crippen LogP contribution is -2.40. The van der Waals surface area contributed by atoms with Crippen molar-refractivity contribution in [1.29, 1.82) is 0 Å². The van der Waals surface area contributed by atoms with Crippen LogP contribution in [0.2, 0.25) is 5.02 Å². The third kappa shape index (κ3) is 3.52. The van der Waals surface area contributed by atoms with Gasteiger partial charge in [0.1, 0.15) is 4.90 Å². The molecule has 0 amide bonds. The molecule has 1 aliphatic carbocycles. The third-order valence-electron chi connectivity index (χ3n) is 3.48. The van der Waals surface area contributed by atoms with E-state index in [0.717, 1.165) is 25.0 Å². The Labute approximate surface area is 127 Å². The monoisotopic (exact) mass is 334 g/mol. The van der Waals surface area contributed by atoms with E-state index in [1.807, 2.05) is 0 Å². The molecule has 2 atom stereocenters. The molecule has 0 aromatic heterocycles. The number of nitro groups is 1. The van der Waals surface area contributed by atoms with Gasteiger partial charge in [-0.25, -0.2) is 13.1 Å². The first-order chi connectivity index (χ1) is 9.85. The van der Waals surface area contributed by atoms with Gasteiger partial charge < -0.3 is 4.74 Å². The van der Waals surface area contributed by atoms with Gasteiger partial charge >= 0.3 is 0 Å². The summed E-state index contributed by atoms with van der Waals surface area (Å²) in [6.07, 6.45) is 2.09. The summed E-state index contributed by atoms with van der Waals surface area (Å²) in [6, 6.07) is 2.97. The summed E-state index contributed by atoms with van der Waals surface area (Å²) in [6.45, 7) is 0. The summed E-state index contributed by atoms with van der Waals surface area (Å²) < 4.78 is 32.5. The van der Waals surface area contributed by atoms with E-state index in [0.29, 0.717) is 6.42 Å². The smallest absolute Gasteiger partial charge is 0.270 e. The largest absolute Gasteiger partial charge is 0.380 e. The van der Waals surface area contributed by atoms with Crippen molar-refractivity contribution >= 4 is 27.3 Å². The second-order valence-corrected chi connectivity index (χ2v) is 6.89. The highest BCUT2D eigenvalue weighted by Gasteiger charge is 2.32. The molecule has 1 aromatic carbocycles. The molecule has 0 heterocycles. The quantitative estimate of drug-likeness (QED) is 0.656. The molecule has 1 saturated carbocycles. The molecule has 1 fully saturated rings. The van der Waals surface area contributed by atoms with Crippen molar-refractivity contribution in [3.8, 4) is 0 Å². The minimum absolute atomic E-state index is 0.0555. The van der Waals surface area contributed by atoms with Crippen molar-refractivity contribution in [3.05, 3.63) is 33.3 Å². The Bertz CT molecular complexity index is 649. The van der Waals surface area contributed by atoms with E-state index in [9.17, 15) is 18.5 Å². The van der Waals surface area contributed by atoms with Crippen LogP contribution in [0.5, 0.6) is 0 Å². The molecule has 7 nitrogen and oxygen atoms in total.